The zero-order chi connectivity index (χ0) is 9.68. The Hall–Kier alpha value is -1.07. The van der Waals surface area contributed by atoms with Gasteiger partial charge in [-0.2, -0.15) is 0 Å². The summed E-state index contributed by atoms with van der Waals surface area (Å²) in [4.78, 5) is 10.0. The van der Waals surface area contributed by atoms with Gasteiger partial charge >= 0.3 is 0 Å². The third-order valence-corrected chi connectivity index (χ3v) is 2.54. The highest BCUT2D eigenvalue weighted by atomic mass is 79.9. The van der Waals surface area contributed by atoms with Crippen LogP contribution in [0.2, 0.25) is 0 Å². The zero-order valence-electron chi connectivity index (χ0n) is 7.30. The highest BCUT2D eigenvalue weighted by Gasteiger charge is 1.96. The van der Waals surface area contributed by atoms with Gasteiger partial charge in [0, 0.05) is 10.0 Å². The topological polar surface area (TPSA) is 17.1 Å². The van der Waals surface area contributed by atoms with E-state index in [-0.39, 0.29) is 0 Å². The summed E-state index contributed by atoms with van der Waals surface area (Å²) in [7, 11) is 0. The van der Waals surface area contributed by atoms with Crippen molar-refractivity contribution in [2.24, 2.45) is 0 Å². The van der Waals surface area contributed by atoms with Crippen molar-refractivity contribution >= 4 is 22.2 Å². The Labute approximate surface area is 86.3 Å². The third kappa shape index (κ3) is 2.71. The van der Waals surface area contributed by atoms with Crippen LogP contribution in [-0.4, -0.2) is 6.29 Å². The van der Waals surface area contributed by atoms with E-state index < -0.39 is 0 Å². The van der Waals surface area contributed by atoms with Gasteiger partial charge in [0.1, 0.15) is 6.29 Å². The second-order valence-corrected chi connectivity index (χ2v) is 3.44. The van der Waals surface area contributed by atoms with E-state index in [2.05, 4.69) is 27.8 Å². The Balaban J connectivity index is 2.97. The first-order chi connectivity index (χ1) is 6.25. The van der Waals surface area contributed by atoms with E-state index in [1.807, 2.05) is 25.1 Å². The first kappa shape index (κ1) is 10.0. The van der Waals surface area contributed by atoms with Crippen LogP contribution in [0.5, 0.6) is 0 Å². The standard InChI is InChI=1S/C11H9BrO/c1-9-10(5-2-3-8-13)6-4-7-11(9)12/h4,6-8H,3H2,1H3. The molecule has 0 unspecified atom stereocenters. The minimum atomic E-state index is 0.298. The summed E-state index contributed by atoms with van der Waals surface area (Å²) in [6.07, 6.45) is 1.10. The van der Waals surface area contributed by atoms with Gasteiger partial charge in [0.05, 0.1) is 6.42 Å². The Bertz CT molecular complexity index is 371. The number of carbonyl (C=O) groups is 1. The first-order valence-electron chi connectivity index (χ1n) is 3.93. The van der Waals surface area contributed by atoms with Crippen molar-refractivity contribution in [2.45, 2.75) is 13.3 Å². The van der Waals surface area contributed by atoms with Crippen LogP contribution in [0.25, 0.3) is 0 Å². The number of halogens is 1. The molecular weight excluding hydrogens is 228 g/mol. The van der Waals surface area contributed by atoms with E-state index >= 15 is 0 Å². The van der Waals surface area contributed by atoms with Gasteiger partial charge < -0.3 is 4.79 Å². The van der Waals surface area contributed by atoms with Crippen molar-refractivity contribution in [1.82, 2.24) is 0 Å². The van der Waals surface area contributed by atoms with E-state index in [9.17, 15) is 4.79 Å². The van der Waals surface area contributed by atoms with Gasteiger partial charge in [-0.25, -0.2) is 0 Å². The molecule has 66 valence electrons. The molecule has 1 nitrogen and oxygen atoms in total. The van der Waals surface area contributed by atoms with Crippen LogP contribution in [0.4, 0.5) is 0 Å². The van der Waals surface area contributed by atoms with E-state index in [0.29, 0.717) is 6.42 Å². The van der Waals surface area contributed by atoms with Gasteiger partial charge in [0.15, 0.2) is 0 Å². The third-order valence-electron chi connectivity index (χ3n) is 1.68. The lowest BCUT2D eigenvalue weighted by Gasteiger charge is -1.99. The first-order valence-corrected chi connectivity index (χ1v) is 4.72. The van der Waals surface area contributed by atoms with Crippen LogP contribution in [0.1, 0.15) is 17.5 Å². The summed E-state index contributed by atoms with van der Waals surface area (Å²) in [6.45, 7) is 2.00. The minimum Gasteiger partial charge on any atom is -0.302 e. The van der Waals surface area contributed by atoms with Crippen molar-refractivity contribution < 1.29 is 4.79 Å². The molecule has 13 heavy (non-hydrogen) atoms. The largest absolute Gasteiger partial charge is 0.302 e. The Kier molecular flexibility index (Phi) is 3.72. The van der Waals surface area contributed by atoms with Crippen molar-refractivity contribution in [3.05, 3.63) is 33.8 Å². The maximum atomic E-state index is 10.0. The lowest BCUT2D eigenvalue weighted by Crippen LogP contribution is -1.82. The van der Waals surface area contributed by atoms with Gasteiger partial charge in [-0.05, 0) is 24.6 Å². The Morgan fingerprint density at radius 3 is 3.00 bits per heavy atom. The molecule has 2 heteroatoms. The number of carbonyl (C=O) groups excluding carboxylic acids is 1. The molecule has 0 spiro atoms. The summed E-state index contributed by atoms with van der Waals surface area (Å²) in [5.74, 6) is 5.72. The number of hydrogen-bond acceptors (Lipinski definition) is 1. The molecule has 0 aliphatic rings. The van der Waals surface area contributed by atoms with Crippen LogP contribution in [0.15, 0.2) is 22.7 Å². The molecular formula is C11H9BrO. The Morgan fingerprint density at radius 1 is 1.54 bits per heavy atom. The second-order valence-electron chi connectivity index (χ2n) is 2.58. The van der Waals surface area contributed by atoms with E-state index in [4.69, 9.17) is 0 Å². The molecule has 0 saturated heterocycles. The summed E-state index contributed by atoms with van der Waals surface area (Å²) in [6, 6.07) is 5.85. The molecule has 0 N–H and O–H groups in total. The van der Waals surface area contributed by atoms with Gasteiger partial charge in [0.2, 0.25) is 0 Å². The van der Waals surface area contributed by atoms with Gasteiger partial charge in [-0.3, -0.25) is 0 Å². The number of rotatable bonds is 1. The molecule has 0 amide bonds. The van der Waals surface area contributed by atoms with Crippen LogP contribution >= 0.6 is 15.9 Å². The summed E-state index contributed by atoms with van der Waals surface area (Å²) in [5, 5.41) is 0. The Morgan fingerprint density at radius 2 is 2.31 bits per heavy atom. The van der Waals surface area contributed by atoms with Gasteiger partial charge in [-0.1, -0.05) is 33.8 Å². The molecule has 1 rings (SSSR count). The fourth-order valence-electron chi connectivity index (χ4n) is 0.931. The molecule has 0 radical (unpaired) electrons. The normalized spacial score (nSPS) is 8.77. The maximum Gasteiger partial charge on any atom is 0.131 e. The average molecular weight is 237 g/mol. The zero-order valence-corrected chi connectivity index (χ0v) is 8.89. The fourth-order valence-corrected chi connectivity index (χ4v) is 1.30. The average Bonchev–Trinajstić information content (AvgIpc) is 2.13. The molecule has 0 fully saturated rings. The molecule has 1 aromatic rings. The van der Waals surface area contributed by atoms with Crippen LogP contribution in [0.3, 0.4) is 0 Å². The number of aldehydes is 1. The molecule has 0 saturated carbocycles. The molecule has 0 bridgehead atoms. The van der Waals surface area contributed by atoms with Gasteiger partial charge in [0.25, 0.3) is 0 Å². The van der Waals surface area contributed by atoms with Crippen molar-refractivity contribution in [3.63, 3.8) is 0 Å². The van der Waals surface area contributed by atoms with Crippen molar-refractivity contribution in [1.29, 1.82) is 0 Å². The van der Waals surface area contributed by atoms with Crippen molar-refractivity contribution in [3.8, 4) is 11.8 Å². The SMILES string of the molecule is Cc1c(Br)cccc1C#CCC=O. The van der Waals surface area contributed by atoms with E-state index in [1.54, 1.807) is 0 Å². The molecule has 0 aliphatic heterocycles. The van der Waals surface area contributed by atoms with Crippen molar-refractivity contribution in [2.75, 3.05) is 0 Å². The summed E-state index contributed by atoms with van der Waals surface area (Å²) >= 11 is 3.42. The molecule has 1 aromatic carbocycles. The minimum absolute atomic E-state index is 0.298. The predicted molar refractivity (Wildman–Crippen MR) is 56.4 cm³/mol. The summed E-state index contributed by atoms with van der Waals surface area (Å²) in [5.41, 5.74) is 2.08. The fraction of sp³-hybridized carbons (Fsp3) is 0.182. The van der Waals surface area contributed by atoms with Crippen LogP contribution in [0, 0.1) is 18.8 Å². The van der Waals surface area contributed by atoms with E-state index in [0.717, 1.165) is 21.9 Å². The number of hydrogen-bond donors (Lipinski definition) is 0. The molecule has 0 atom stereocenters. The van der Waals surface area contributed by atoms with Gasteiger partial charge in [-0.15, -0.1) is 0 Å². The highest BCUT2D eigenvalue weighted by molar-refractivity contribution is 9.10. The molecule has 0 heterocycles. The predicted octanol–water partition coefficient (Wildman–Crippen LogP) is 2.70. The molecule has 0 aliphatic carbocycles. The molecule has 0 aromatic heterocycles. The number of benzene rings is 1. The smallest absolute Gasteiger partial charge is 0.131 e. The lowest BCUT2D eigenvalue weighted by atomic mass is 10.1. The maximum absolute atomic E-state index is 10.0. The summed E-state index contributed by atoms with van der Waals surface area (Å²) < 4.78 is 1.05. The van der Waals surface area contributed by atoms with E-state index in [1.165, 1.54) is 0 Å². The van der Waals surface area contributed by atoms with Crippen LogP contribution < -0.4 is 0 Å². The quantitative estimate of drug-likeness (QED) is 0.542. The van der Waals surface area contributed by atoms with Crippen LogP contribution in [-0.2, 0) is 4.79 Å². The monoisotopic (exact) mass is 236 g/mol. The highest BCUT2D eigenvalue weighted by Crippen LogP contribution is 2.18. The lowest BCUT2D eigenvalue weighted by molar-refractivity contribution is -0.107. The second kappa shape index (κ2) is 4.84.